The fourth-order valence-electron chi connectivity index (χ4n) is 5.60. The van der Waals surface area contributed by atoms with Crippen molar-refractivity contribution in [1.82, 2.24) is 0 Å². The molecule has 0 amide bonds. The van der Waals surface area contributed by atoms with Gasteiger partial charge in [0, 0.05) is 0 Å². The summed E-state index contributed by atoms with van der Waals surface area (Å²) < 4.78 is 0. The van der Waals surface area contributed by atoms with Crippen LogP contribution in [0.4, 0.5) is 0 Å². The Bertz CT molecular complexity index is 267. The smallest absolute Gasteiger partial charge is 0.0204 e. The van der Waals surface area contributed by atoms with E-state index in [-0.39, 0.29) is 0 Å². The van der Waals surface area contributed by atoms with E-state index >= 15 is 0 Å². The van der Waals surface area contributed by atoms with Crippen molar-refractivity contribution in [2.24, 2.45) is 40.9 Å². The third-order valence-electron chi connectivity index (χ3n) is 6.33. The lowest BCUT2D eigenvalue weighted by Crippen LogP contribution is -2.27. The van der Waals surface area contributed by atoms with E-state index in [0.717, 1.165) is 40.9 Å². The molecule has 0 saturated heterocycles. The fourth-order valence-corrected chi connectivity index (χ4v) is 5.60. The van der Waals surface area contributed by atoms with Crippen molar-refractivity contribution < 1.29 is 0 Å². The van der Waals surface area contributed by atoms with Crippen LogP contribution in [0.3, 0.4) is 0 Å². The normalized spacial score (nSPS) is 57.8. The Kier molecular flexibility index (Phi) is 2.05. The molecule has 0 radical (unpaired) electrons. The lowest BCUT2D eigenvalue weighted by molar-refractivity contribution is 0.139. The topological polar surface area (TPSA) is 0 Å². The largest absolute Gasteiger partial charge is 0.0625 e. The predicted molar refractivity (Wildman–Crippen MR) is 64.5 cm³/mol. The van der Waals surface area contributed by atoms with E-state index in [1.165, 1.54) is 19.3 Å². The van der Waals surface area contributed by atoms with Crippen LogP contribution in [0.25, 0.3) is 0 Å². The molecule has 0 heteroatoms. The van der Waals surface area contributed by atoms with Crippen LogP contribution < -0.4 is 0 Å². The summed E-state index contributed by atoms with van der Waals surface area (Å²) in [6.45, 7) is 9.96. The molecule has 0 aliphatic heterocycles. The highest BCUT2D eigenvalue weighted by Crippen LogP contribution is 2.79. The monoisotopic (exact) mass is 206 g/mol. The highest BCUT2D eigenvalue weighted by atomic mass is 14.8. The van der Waals surface area contributed by atoms with Gasteiger partial charge in [-0.05, 0) is 66.6 Å². The zero-order valence-electron chi connectivity index (χ0n) is 10.8. The molecule has 15 heavy (non-hydrogen) atoms. The lowest BCUT2D eigenvalue weighted by Gasteiger charge is -2.35. The molecule has 3 aliphatic rings. The maximum Gasteiger partial charge on any atom is -0.0204 e. The molecule has 0 aromatic carbocycles. The second kappa shape index (κ2) is 3.02. The summed E-state index contributed by atoms with van der Waals surface area (Å²) >= 11 is 0. The van der Waals surface area contributed by atoms with Gasteiger partial charge in [0.05, 0.1) is 0 Å². The predicted octanol–water partition coefficient (Wildman–Crippen LogP) is 4.35. The fraction of sp³-hybridized carbons (Fsp3) is 1.00. The van der Waals surface area contributed by atoms with E-state index in [2.05, 4.69) is 27.7 Å². The van der Waals surface area contributed by atoms with E-state index in [1.807, 2.05) is 0 Å². The van der Waals surface area contributed by atoms with Crippen molar-refractivity contribution in [3.8, 4) is 0 Å². The molecule has 3 saturated carbocycles. The highest BCUT2D eigenvalue weighted by Gasteiger charge is 2.73. The van der Waals surface area contributed by atoms with E-state index in [4.69, 9.17) is 0 Å². The van der Waals surface area contributed by atoms with Crippen LogP contribution in [0, 0.1) is 40.9 Å². The summed E-state index contributed by atoms with van der Waals surface area (Å²) in [5, 5.41) is 0. The minimum absolute atomic E-state index is 0.840. The summed E-state index contributed by atoms with van der Waals surface area (Å²) in [5.41, 5.74) is 0.840. The Morgan fingerprint density at radius 3 is 2.40 bits per heavy atom. The number of hydrogen-bond donors (Lipinski definition) is 0. The zero-order chi connectivity index (χ0) is 10.8. The molecule has 1 spiro atoms. The van der Waals surface area contributed by atoms with Crippen LogP contribution in [0.2, 0.25) is 0 Å². The maximum atomic E-state index is 2.54. The van der Waals surface area contributed by atoms with Crippen LogP contribution in [0.5, 0.6) is 0 Å². The molecule has 6 atom stereocenters. The second-order valence-corrected chi connectivity index (χ2v) is 7.07. The molecule has 0 N–H and O–H groups in total. The Morgan fingerprint density at radius 1 is 1.00 bits per heavy atom. The summed E-state index contributed by atoms with van der Waals surface area (Å²) in [4.78, 5) is 0. The molecular formula is C15H26. The van der Waals surface area contributed by atoms with E-state index in [0.29, 0.717) is 0 Å². The first kappa shape index (κ1) is 10.2. The molecular weight excluding hydrogens is 180 g/mol. The Morgan fingerprint density at radius 2 is 1.73 bits per heavy atom. The van der Waals surface area contributed by atoms with Gasteiger partial charge >= 0.3 is 0 Å². The molecule has 0 aromatic heterocycles. The van der Waals surface area contributed by atoms with Gasteiger partial charge in [0.2, 0.25) is 0 Å². The molecule has 3 rings (SSSR count). The second-order valence-electron chi connectivity index (χ2n) is 7.07. The first-order valence-corrected chi connectivity index (χ1v) is 7.09. The van der Waals surface area contributed by atoms with Gasteiger partial charge in [-0.15, -0.1) is 0 Å². The highest BCUT2D eigenvalue weighted by molar-refractivity contribution is 5.21. The molecule has 0 heterocycles. The van der Waals surface area contributed by atoms with Gasteiger partial charge in [0.25, 0.3) is 0 Å². The minimum Gasteiger partial charge on any atom is -0.0625 e. The van der Waals surface area contributed by atoms with Crippen molar-refractivity contribution in [2.75, 3.05) is 0 Å². The van der Waals surface area contributed by atoms with Crippen LogP contribution >= 0.6 is 0 Å². The maximum absolute atomic E-state index is 2.54. The molecule has 0 unspecified atom stereocenters. The summed E-state index contributed by atoms with van der Waals surface area (Å²) in [6.07, 6.45) is 6.13. The van der Waals surface area contributed by atoms with Gasteiger partial charge in [-0.3, -0.25) is 0 Å². The van der Waals surface area contributed by atoms with E-state index in [1.54, 1.807) is 6.42 Å². The van der Waals surface area contributed by atoms with Crippen LogP contribution in [-0.2, 0) is 0 Å². The van der Waals surface area contributed by atoms with Gasteiger partial charge in [-0.1, -0.05) is 27.7 Å². The van der Waals surface area contributed by atoms with Gasteiger partial charge in [-0.25, -0.2) is 0 Å². The Labute approximate surface area is 94.8 Å². The molecule has 86 valence electrons. The van der Waals surface area contributed by atoms with Crippen molar-refractivity contribution >= 4 is 0 Å². The molecule has 3 fully saturated rings. The first-order valence-electron chi connectivity index (χ1n) is 7.09. The molecule has 0 aromatic rings. The van der Waals surface area contributed by atoms with Crippen molar-refractivity contribution in [3.05, 3.63) is 0 Å². The van der Waals surface area contributed by atoms with Gasteiger partial charge < -0.3 is 0 Å². The molecule has 0 bridgehead atoms. The van der Waals surface area contributed by atoms with E-state index < -0.39 is 0 Å². The quantitative estimate of drug-likeness (QED) is 0.598. The summed E-state index contributed by atoms with van der Waals surface area (Å²) in [5.74, 6) is 6.32. The third kappa shape index (κ3) is 1.09. The first-order chi connectivity index (χ1) is 7.09. The number of fused-ring (bicyclic) bond motifs is 1. The van der Waals surface area contributed by atoms with Crippen LogP contribution in [-0.4, -0.2) is 0 Å². The van der Waals surface area contributed by atoms with Crippen LogP contribution in [0.1, 0.15) is 53.4 Å². The summed E-state index contributed by atoms with van der Waals surface area (Å²) in [7, 11) is 0. The molecule has 0 nitrogen and oxygen atoms in total. The minimum atomic E-state index is 0.840. The average molecular weight is 206 g/mol. The van der Waals surface area contributed by atoms with Crippen molar-refractivity contribution in [2.45, 2.75) is 53.4 Å². The van der Waals surface area contributed by atoms with Gasteiger partial charge in [-0.2, -0.15) is 0 Å². The van der Waals surface area contributed by atoms with Crippen molar-refractivity contribution in [3.63, 3.8) is 0 Å². The summed E-state index contributed by atoms with van der Waals surface area (Å²) in [6, 6.07) is 0. The standard InChI is InChI=1S/C15H26/c1-9(2)12-6-5-11(4)15-8-7-10(3)13(15)14(12)15/h9-14H,5-8H2,1-4H3/t10-,11-,12+,13-,14-,15+/m1/s1. The number of rotatable bonds is 1. The number of hydrogen-bond acceptors (Lipinski definition) is 0. The molecule has 3 aliphatic carbocycles. The zero-order valence-corrected chi connectivity index (χ0v) is 10.8. The van der Waals surface area contributed by atoms with E-state index in [9.17, 15) is 0 Å². The van der Waals surface area contributed by atoms with Gasteiger partial charge in [0.1, 0.15) is 0 Å². The van der Waals surface area contributed by atoms with Crippen molar-refractivity contribution in [1.29, 1.82) is 0 Å². The Balaban J connectivity index is 1.88. The average Bonchev–Trinajstić information content (AvgIpc) is 2.75. The Hall–Kier alpha value is 0. The van der Waals surface area contributed by atoms with Crippen LogP contribution in [0.15, 0.2) is 0 Å². The lowest BCUT2D eigenvalue weighted by atomic mass is 9.70. The SMILES string of the molecule is CC(C)[C@@H]1CC[C@@H](C)[C@@]23CC[C@@H](C)[C@@H]2[C@@H]13. The third-order valence-corrected chi connectivity index (χ3v) is 6.33. The van der Waals surface area contributed by atoms with Gasteiger partial charge in [0.15, 0.2) is 0 Å².